The molecule has 0 saturated carbocycles. The largest absolute Gasteiger partial charge is 0.507 e. The van der Waals surface area contributed by atoms with Crippen molar-refractivity contribution >= 4 is 40.3 Å². The molecule has 0 radical (unpaired) electrons. The number of phenols is 3. The third kappa shape index (κ3) is 9.75. The molecule has 0 saturated heterocycles. The van der Waals surface area contributed by atoms with Crippen molar-refractivity contribution in [3.05, 3.63) is 65.5 Å². The molecule has 5 rings (SSSR count). The van der Waals surface area contributed by atoms with Gasteiger partial charge in [-0.15, -0.1) is 6.58 Å². The molecule has 0 aliphatic carbocycles. The van der Waals surface area contributed by atoms with Gasteiger partial charge in [0.25, 0.3) is 11.7 Å². The van der Waals surface area contributed by atoms with Crippen LogP contribution in [0.4, 0.5) is 5.69 Å². The molecular formula is C44H58N2O13. The summed E-state index contributed by atoms with van der Waals surface area (Å²) < 4.78 is 23.5. The van der Waals surface area contributed by atoms with Crippen molar-refractivity contribution in [1.29, 1.82) is 0 Å². The number of hydrogen-bond acceptors (Lipinski definition) is 14. The Balaban J connectivity index is 1.94. The van der Waals surface area contributed by atoms with Crippen molar-refractivity contribution in [2.75, 3.05) is 19.0 Å². The van der Waals surface area contributed by atoms with Crippen LogP contribution in [0, 0.1) is 30.6 Å². The second-order valence-corrected chi connectivity index (χ2v) is 15.5. The van der Waals surface area contributed by atoms with E-state index >= 15 is 0 Å². The number of aliphatic hydroxyl groups is 2. The van der Waals surface area contributed by atoms with E-state index in [1.54, 1.807) is 45.9 Å². The number of aromatic hydroxyl groups is 3. The number of hydrogen-bond donors (Lipinski definition) is 6. The van der Waals surface area contributed by atoms with Crippen LogP contribution in [0.3, 0.4) is 0 Å². The molecule has 0 fully saturated rings. The maximum atomic E-state index is 14.4. The number of ketones is 1. The fourth-order valence-corrected chi connectivity index (χ4v) is 7.47. The van der Waals surface area contributed by atoms with E-state index in [0.29, 0.717) is 6.42 Å². The summed E-state index contributed by atoms with van der Waals surface area (Å²) >= 11 is 0. The predicted molar refractivity (Wildman–Crippen MR) is 221 cm³/mol. The predicted octanol–water partition coefficient (Wildman–Crippen LogP) is 6.46. The molecule has 0 aromatic heterocycles. The molecule has 0 spiro atoms. The number of benzene rings is 2. The van der Waals surface area contributed by atoms with Crippen molar-refractivity contribution < 1.29 is 63.7 Å². The number of ether oxygens (including phenoxy) is 4. The second kappa shape index (κ2) is 19.6. The summed E-state index contributed by atoms with van der Waals surface area (Å²) in [5.41, 5.74) is -0.610. The number of esters is 1. The van der Waals surface area contributed by atoms with Crippen LogP contribution < -0.4 is 10.1 Å². The quantitative estimate of drug-likeness (QED) is 0.0304. The highest BCUT2D eigenvalue weighted by Crippen LogP contribution is 2.55. The van der Waals surface area contributed by atoms with Gasteiger partial charge in [-0.25, -0.2) is 0 Å². The number of oxime groups is 1. The fraction of sp³-hybridized carbons (Fsp3) is 0.500. The molecule has 9 unspecified atom stereocenters. The van der Waals surface area contributed by atoms with Crippen LogP contribution in [0.15, 0.2) is 53.9 Å². The van der Waals surface area contributed by atoms with Gasteiger partial charge < -0.3 is 54.6 Å². The van der Waals surface area contributed by atoms with Crippen LogP contribution in [-0.4, -0.2) is 93.3 Å². The Labute approximate surface area is 344 Å². The Morgan fingerprint density at radius 1 is 0.983 bits per heavy atom. The van der Waals surface area contributed by atoms with E-state index in [2.05, 4.69) is 17.1 Å². The molecule has 3 aliphatic heterocycles. The van der Waals surface area contributed by atoms with Gasteiger partial charge in [-0.2, -0.15) is 0 Å². The fourth-order valence-electron chi connectivity index (χ4n) is 7.47. The van der Waals surface area contributed by atoms with Crippen molar-refractivity contribution in [1.82, 2.24) is 0 Å². The number of fused-ring (bicyclic) bond motifs is 14. The molecule has 2 aromatic rings. The third-order valence-corrected chi connectivity index (χ3v) is 11.2. The number of nitrogens with zero attached hydrogens (tertiary/aromatic N) is 1. The van der Waals surface area contributed by atoms with Crippen molar-refractivity contribution in [2.24, 2.45) is 28.8 Å². The minimum atomic E-state index is -2.06. The van der Waals surface area contributed by atoms with Crippen LogP contribution in [0.2, 0.25) is 0 Å². The zero-order chi connectivity index (χ0) is 43.9. The Hall–Kier alpha value is -5.38. The molecule has 59 heavy (non-hydrogen) atoms. The average molecular weight is 823 g/mol. The number of Topliss-reactive ketones (excluding diaryl/α,β-unsaturated/α-hetero) is 1. The molecule has 15 nitrogen and oxygen atoms in total. The van der Waals surface area contributed by atoms with Crippen LogP contribution in [0.25, 0.3) is 10.8 Å². The van der Waals surface area contributed by atoms with Gasteiger partial charge in [0, 0.05) is 61.2 Å². The third-order valence-electron chi connectivity index (χ3n) is 11.2. The zero-order valence-corrected chi connectivity index (χ0v) is 35.1. The topological polar surface area (TPSA) is 223 Å². The molecule has 3 heterocycles. The van der Waals surface area contributed by atoms with Crippen LogP contribution >= 0.6 is 0 Å². The molecule has 3 aliphatic rings. The summed E-state index contributed by atoms with van der Waals surface area (Å²) in [4.78, 5) is 45.7. The number of aliphatic hydroxyl groups excluding tert-OH is 2. The highest BCUT2D eigenvalue weighted by atomic mass is 16.7. The SMILES string of the molecule is C=CCCCCO/N=C\c1c2c(O)c3c(O)c(C)c4c(c3c1O)C(=O)C(C)(O/C=C/C(OC)C(C)C(OC(C)=O)C(C)C(O)C(C)C(O)C(C)/C=C/C=C(\C)C(=O)N2)O4. The summed E-state index contributed by atoms with van der Waals surface area (Å²) in [5.74, 6) is -8.64. The number of carbonyl (C=O) groups excluding carboxylic acids is 3. The lowest BCUT2D eigenvalue weighted by Gasteiger charge is -2.38. The summed E-state index contributed by atoms with van der Waals surface area (Å²) in [5, 5.41) is 64.0. The summed E-state index contributed by atoms with van der Waals surface area (Å²) in [6, 6.07) is 0. The number of rotatable bonds is 9. The monoisotopic (exact) mass is 822 g/mol. The minimum absolute atomic E-state index is 0.0332. The van der Waals surface area contributed by atoms with Gasteiger partial charge in [-0.3, -0.25) is 14.4 Å². The Morgan fingerprint density at radius 2 is 1.68 bits per heavy atom. The number of phenolic OH excluding ortho intramolecular Hbond substituents is 3. The molecule has 5 bridgehead atoms. The van der Waals surface area contributed by atoms with Crippen molar-refractivity contribution in [3.8, 4) is 23.0 Å². The van der Waals surface area contributed by atoms with E-state index in [9.17, 15) is 39.9 Å². The van der Waals surface area contributed by atoms with E-state index < -0.39 is 88.8 Å². The van der Waals surface area contributed by atoms with E-state index in [1.807, 2.05) is 0 Å². The first-order chi connectivity index (χ1) is 27.8. The number of anilines is 1. The first-order valence-corrected chi connectivity index (χ1v) is 19.7. The van der Waals surface area contributed by atoms with Gasteiger partial charge in [-0.1, -0.05) is 57.2 Å². The number of amides is 1. The van der Waals surface area contributed by atoms with Gasteiger partial charge in [-0.05, 0) is 39.2 Å². The smallest absolute Gasteiger partial charge is 0.312 e. The van der Waals surface area contributed by atoms with Gasteiger partial charge >= 0.3 is 11.8 Å². The Morgan fingerprint density at radius 3 is 2.32 bits per heavy atom. The number of carbonyl (C=O) groups is 3. The van der Waals surface area contributed by atoms with Gasteiger partial charge in [0.1, 0.15) is 30.0 Å². The van der Waals surface area contributed by atoms with Crippen LogP contribution in [0.5, 0.6) is 23.0 Å². The van der Waals surface area contributed by atoms with E-state index in [0.717, 1.165) is 19.1 Å². The molecule has 6 N–H and O–H groups in total. The highest BCUT2D eigenvalue weighted by molar-refractivity contribution is 6.23. The lowest BCUT2D eigenvalue weighted by atomic mass is 9.78. The lowest BCUT2D eigenvalue weighted by Crippen LogP contribution is -2.46. The van der Waals surface area contributed by atoms with Gasteiger partial charge in [0.2, 0.25) is 0 Å². The van der Waals surface area contributed by atoms with E-state index in [1.165, 1.54) is 53.2 Å². The number of unbranched alkanes of at least 4 members (excludes halogenated alkanes) is 2. The second-order valence-electron chi connectivity index (χ2n) is 15.5. The lowest BCUT2D eigenvalue weighted by molar-refractivity contribution is -0.160. The highest BCUT2D eigenvalue weighted by Gasteiger charge is 2.50. The molecule has 322 valence electrons. The maximum absolute atomic E-state index is 14.4. The van der Waals surface area contributed by atoms with E-state index in [-0.39, 0.29) is 51.1 Å². The number of methoxy groups -OCH3 is 1. The van der Waals surface area contributed by atoms with Gasteiger partial charge in [0.15, 0.2) is 5.75 Å². The summed E-state index contributed by atoms with van der Waals surface area (Å²) in [6.45, 7) is 16.3. The molecule has 1 amide bonds. The van der Waals surface area contributed by atoms with Crippen molar-refractivity contribution in [2.45, 2.75) is 105 Å². The number of allylic oxidation sites excluding steroid dienone is 3. The van der Waals surface area contributed by atoms with Crippen molar-refractivity contribution in [3.63, 3.8) is 0 Å². The standard InChI is InChI=1S/C44H58N2O13/c1-11-12-13-14-19-57-45-21-29-34-39(52)32-31(38(29)51)33-41(27(7)37(32)50)59-44(9,42(33)53)56-20-18-30(55-10)24(4)40(58-28(8)47)26(6)36(49)25(5)35(48)22(2)16-15-17-23(3)43(54)46-34/h11,15-18,20-22,24-26,30,35-36,40,48-52H,1,12-14,19H2,2-10H3,(H,46,54)/b16-15+,20-18+,23-17+,45-21-. The first-order valence-electron chi connectivity index (χ1n) is 19.7. The maximum Gasteiger partial charge on any atom is 0.312 e. The van der Waals surface area contributed by atoms with Crippen LogP contribution in [-0.2, 0) is 28.6 Å². The van der Waals surface area contributed by atoms with E-state index in [4.69, 9.17) is 23.8 Å². The van der Waals surface area contributed by atoms with Gasteiger partial charge in [0.05, 0.1) is 53.0 Å². The molecular weight excluding hydrogens is 764 g/mol. The number of nitrogens with one attached hydrogen (secondary N) is 1. The normalized spacial score (nSPS) is 30.0. The molecule has 15 heteroatoms. The average Bonchev–Trinajstić information content (AvgIpc) is 3.46. The Bertz CT molecular complexity index is 2040. The molecule has 2 aromatic carbocycles. The summed E-state index contributed by atoms with van der Waals surface area (Å²) in [7, 11) is 1.43. The van der Waals surface area contributed by atoms with Crippen LogP contribution in [0.1, 0.15) is 89.2 Å². The zero-order valence-electron chi connectivity index (χ0n) is 35.1. The minimum Gasteiger partial charge on any atom is -0.507 e. The molecule has 9 atom stereocenters. The summed E-state index contributed by atoms with van der Waals surface area (Å²) in [6.07, 6.45) is 8.51. The Kier molecular flexibility index (Phi) is 15.4. The first kappa shape index (κ1) is 46.3.